The van der Waals surface area contributed by atoms with Crippen LogP contribution in [0, 0.1) is 6.92 Å². The number of aromatic amines is 1. The fourth-order valence-corrected chi connectivity index (χ4v) is 4.41. The SMILES string of the molecule is Cc1ccc(-c2cc3nc(CN=Cc4c[nH]c5ccccc45)cc(N4CCOCC4)n3n2)cc1. The molecule has 5 aromatic rings. The smallest absolute Gasteiger partial charge is 0.158 e. The number of hydrogen-bond donors (Lipinski definition) is 1. The highest BCUT2D eigenvalue weighted by atomic mass is 16.5. The van der Waals surface area contributed by atoms with E-state index < -0.39 is 0 Å². The highest BCUT2D eigenvalue weighted by Crippen LogP contribution is 2.25. The summed E-state index contributed by atoms with van der Waals surface area (Å²) < 4.78 is 7.53. The summed E-state index contributed by atoms with van der Waals surface area (Å²) in [6.45, 7) is 5.68. The van der Waals surface area contributed by atoms with Gasteiger partial charge in [-0.1, -0.05) is 48.0 Å². The van der Waals surface area contributed by atoms with E-state index in [1.807, 2.05) is 29.1 Å². The Morgan fingerprint density at radius 2 is 1.88 bits per heavy atom. The van der Waals surface area contributed by atoms with Gasteiger partial charge >= 0.3 is 0 Å². The maximum atomic E-state index is 5.58. The van der Waals surface area contributed by atoms with Crippen LogP contribution in [0.3, 0.4) is 0 Å². The number of para-hydroxylation sites is 1. The van der Waals surface area contributed by atoms with Crippen molar-refractivity contribution in [1.82, 2.24) is 19.6 Å². The van der Waals surface area contributed by atoms with E-state index in [0.717, 1.165) is 52.6 Å². The summed E-state index contributed by atoms with van der Waals surface area (Å²) in [6, 6.07) is 20.9. The summed E-state index contributed by atoms with van der Waals surface area (Å²) in [5.41, 5.74) is 7.17. The van der Waals surface area contributed by atoms with Crippen LogP contribution in [-0.2, 0) is 11.3 Å². The Morgan fingerprint density at radius 3 is 2.74 bits per heavy atom. The van der Waals surface area contributed by atoms with Crippen LogP contribution >= 0.6 is 0 Å². The number of benzene rings is 2. The Balaban J connectivity index is 1.36. The van der Waals surface area contributed by atoms with Crippen molar-refractivity contribution in [3.8, 4) is 11.3 Å². The lowest BCUT2D eigenvalue weighted by Gasteiger charge is -2.29. The first kappa shape index (κ1) is 20.6. The maximum Gasteiger partial charge on any atom is 0.158 e. The molecule has 0 radical (unpaired) electrons. The predicted octanol–water partition coefficient (Wildman–Crippen LogP) is 4.64. The second-order valence-electron chi connectivity index (χ2n) is 8.63. The van der Waals surface area contributed by atoms with Gasteiger partial charge in [-0.15, -0.1) is 0 Å². The summed E-state index contributed by atoms with van der Waals surface area (Å²) >= 11 is 0. The Labute approximate surface area is 197 Å². The summed E-state index contributed by atoms with van der Waals surface area (Å²) in [7, 11) is 0. The van der Waals surface area contributed by atoms with Crippen molar-refractivity contribution in [3.63, 3.8) is 0 Å². The van der Waals surface area contributed by atoms with Crippen LogP contribution in [0.25, 0.3) is 27.8 Å². The minimum absolute atomic E-state index is 0.498. The van der Waals surface area contributed by atoms with E-state index >= 15 is 0 Å². The molecule has 0 atom stereocenters. The summed E-state index contributed by atoms with van der Waals surface area (Å²) in [4.78, 5) is 15.2. The predicted molar refractivity (Wildman–Crippen MR) is 136 cm³/mol. The lowest BCUT2D eigenvalue weighted by Crippen LogP contribution is -2.37. The molecule has 6 rings (SSSR count). The zero-order valence-electron chi connectivity index (χ0n) is 19.1. The normalized spacial score (nSPS) is 14.6. The number of hydrogen-bond acceptors (Lipinski definition) is 5. The number of morpholine rings is 1. The molecule has 2 aromatic carbocycles. The van der Waals surface area contributed by atoms with Gasteiger partial charge in [0, 0.05) is 59.7 Å². The van der Waals surface area contributed by atoms with Crippen LogP contribution in [0.1, 0.15) is 16.8 Å². The molecule has 0 bridgehead atoms. The van der Waals surface area contributed by atoms with Crippen molar-refractivity contribution in [2.45, 2.75) is 13.5 Å². The molecule has 0 spiro atoms. The molecule has 34 heavy (non-hydrogen) atoms. The Morgan fingerprint density at radius 1 is 1.06 bits per heavy atom. The number of nitrogens with one attached hydrogen (secondary N) is 1. The van der Waals surface area contributed by atoms with Gasteiger partial charge in [-0.2, -0.15) is 9.61 Å². The van der Waals surface area contributed by atoms with Crippen LogP contribution in [-0.4, -0.2) is 52.1 Å². The van der Waals surface area contributed by atoms with Crippen molar-refractivity contribution in [2.24, 2.45) is 4.99 Å². The molecule has 7 heteroatoms. The quantitative estimate of drug-likeness (QED) is 0.396. The highest BCUT2D eigenvalue weighted by Gasteiger charge is 2.18. The molecule has 3 aromatic heterocycles. The van der Waals surface area contributed by atoms with E-state index in [2.05, 4.69) is 65.3 Å². The fourth-order valence-electron chi connectivity index (χ4n) is 4.41. The van der Waals surface area contributed by atoms with E-state index in [1.54, 1.807) is 0 Å². The zero-order valence-corrected chi connectivity index (χ0v) is 19.1. The van der Waals surface area contributed by atoms with Gasteiger partial charge in [-0.25, -0.2) is 4.98 Å². The molecule has 4 heterocycles. The van der Waals surface area contributed by atoms with Crippen LogP contribution in [0.5, 0.6) is 0 Å². The van der Waals surface area contributed by atoms with Gasteiger partial charge in [0.05, 0.1) is 31.1 Å². The van der Waals surface area contributed by atoms with Gasteiger partial charge in [-0.05, 0) is 13.0 Å². The van der Waals surface area contributed by atoms with Crippen molar-refractivity contribution in [3.05, 3.63) is 83.7 Å². The minimum atomic E-state index is 0.498. The molecule has 1 aliphatic heterocycles. The average Bonchev–Trinajstić information content (AvgIpc) is 3.49. The van der Waals surface area contributed by atoms with Gasteiger partial charge in [-0.3, -0.25) is 4.99 Å². The van der Waals surface area contributed by atoms with Gasteiger partial charge in [0.2, 0.25) is 0 Å². The molecule has 0 amide bonds. The van der Waals surface area contributed by atoms with Gasteiger partial charge < -0.3 is 14.6 Å². The Hall–Kier alpha value is -3.97. The average molecular weight is 451 g/mol. The molecule has 1 aliphatic rings. The molecule has 1 saturated heterocycles. The van der Waals surface area contributed by atoms with Crippen molar-refractivity contribution < 1.29 is 4.74 Å². The van der Waals surface area contributed by atoms with E-state index in [-0.39, 0.29) is 0 Å². The van der Waals surface area contributed by atoms with Gasteiger partial charge in [0.1, 0.15) is 5.82 Å². The molecule has 7 nitrogen and oxygen atoms in total. The van der Waals surface area contributed by atoms with Crippen LogP contribution in [0.15, 0.2) is 71.9 Å². The molecule has 0 unspecified atom stereocenters. The number of aliphatic imine (C=N–C) groups is 1. The molecule has 1 fully saturated rings. The third-order valence-corrected chi connectivity index (χ3v) is 6.25. The second-order valence-corrected chi connectivity index (χ2v) is 8.63. The van der Waals surface area contributed by atoms with Crippen molar-refractivity contribution in [2.75, 3.05) is 31.2 Å². The van der Waals surface area contributed by atoms with Crippen LogP contribution < -0.4 is 4.90 Å². The molecular formula is C27H26N6O. The third-order valence-electron chi connectivity index (χ3n) is 6.25. The number of fused-ring (bicyclic) bond motifs is 2. The first-order valence-electron chi connectivity index (χ1n) is 11.6. The third kappa shape index (κ3) is 3.95. The summed E-state index contributed by atoms with van der Waals surface area (Å²) in [5.74, 6) is 1.03. The van der Waals surface area contributed by atoms with Crippen molar-refractivity contribution >= 4 is 28.6 Å². The summed E-state index contributed by atoms with van der Waals surface area (Å²) in [6.07, 6.45) is 3.92. The molecule has 1 N–H and O–H groups in total. The van der Waals surface area contributed by atoms with Crippen molar-refractivity contribution in [1.29, 1.82) is 0 Å². The second kappa shape index (κ2) is 8.76. The fraction of sp³-hybridized carbons (Fsp3) is 0.222. The first-order chi connectivity index (χ1) is 16.7. The Kier molecular flexibility index (Phi) is 5.31. The number of nitrogens with zero attached hydrogens (tertiary/aromatic N) is 5. The number of H-pyrrole nitrogens is 1. The zero-order chi connectivity index (χ0) is 22.9. The number of aryl methyl sites for hydroxylation is 1. The topological polar surface area (TPSA) is 70.8 Å². The minimum Gasteiger partial charge on any atom is -0.378 e. The van der Waals surface area contributed by atoms with Crippen LogP contribution in [0.2, 0.25) is 0 Å². The standard InChI is InChI=1S/C27H26N6O/c1-19-6-8-20(9-7-19)25-15-26-30-22(14-27(33(26)31-25)32-10-12-34-13-11-32)18-28-16-21-17-29-24-5-3-2-4-23(21)24/h2-9,14-17,29H,10-13,18H2,1H3. The molecule has 0 saturated carbocycles. The maximum absolute atomic E-state index is 5.58. The first-order valence-corrected chi connectivity index (χ1v) is 11.6. The van der Waals surface area contributed by atoms with Gasteiger partial charge in [0.25, 0.3) is 0 Å². The summed E-state index contributed by atoms with van der Waals surface area (Å²) in [5, 5.41) is 6.08. The van der Waals surface area contributed by atoms with Gasteiger partial charge in [0.15, 0.2) is 5.65 Å². The lowest BCUT2D eigenvalue weighted by atomic mass is 10.1. The monoisotopic (exact) mass is 450 g/mol. The highest BCUT2D eigenvalue weighted by molar-refractivity contribution is 5.98. The number of rotatable bonds is 5. The number of ether oxygens (including phenoxy) is 1. The van der Waals surface area contributed by atoms with E-state index in [4.69, 9.17) is 19.8 Å². The number of aromatic nitrogens is 4. The lowest BCUT2D eigenvalue weighted by molar-refractivity contribution is 0.122. The van der Waals surface area contributed by atoms with E-state index in [1.165, 1.54) is 10.9 Å². The van der Waals surface area contributed by atoms with E-state index in [0.29, 0.717) is 19.8 Å². The molecular weight excluding hydrogens is 424 g/mol. The van der Waals surface area contributed by atoms with E-state index in [9.17, 15) is 0 Å². The Bertz CT molecular complexity index is 1470. The van der Waals surface area contributed by atoms with Crippen LogP contribution in [0.4, 0.5) is 5.82 Å². The number of anilines is 1. The molecule has 170 valence electrons. The largest absolute Gasteiger partial charge is 0.378 e. The molecule has 0 aliphatic carbocycles.